The molecule has 106 valence electrons. The monoisotopic (exact) mass is 287 g/mol. The number of aliphatic hydroxyl groups excluding tert-OH is 1. The van der Waals surface area contributed by atoms with Gasteiger partial charge in [0.2, 0.25) is 10.0 Å². The lowest BCUT2D eigenvalue weighted by Gasteiger charge is -2.31. The Hall–Kier alpha value is -0.980. The summed E-state index contributed by atoms with van der Waals surface area (Å²) in [7, 11) is -3.54. The molecule has 1 aliphatic rings. The molecule has 1 unspecified atom stereocenters. The van der Waals surface area contributed by atoms with Gasteiger partial charge in [-0.3, -0.25) is 0 Å². The van der Waals surface area contributed by atoms with Crippen LogP contribution in [0.2, 0.25) is 0 Å². The summed E-state index contributed by atoms with van der Waals surface area (Å²) in [5.41, 5.74) is 0. The second-order valence-corrected chi connectivity index (χ2v) is 6.78. The minimum Gasteiger partial charge on any atom is -0.396 e. The van der Waals surface area contributed by atoms with E-state index in [2.05, 4.69) is 0 Å². The maximum Gasteiger partial charge on any atom is 0.243 e. The van der Waals surface area contributed by atoms with Crippen molar-refractivity contribution in [3.05, 3.63) is 30.1 Å². The topological polar surface area (TPSA) is 57.6 Å². The molecule has 0 saturated carbocycles. The number of hydrogen-bond donors (Lipinski definition) is 1. The molecule has 0 radical (unpaired) electrons. The maximum absolute atomic E-state index is 12.8. The van der Waals surface area contributed by atoms with Gasteiger partial charge in [-0.1, -0.05) is 0 Å². The average Bonchev–Trinajstić information content (AvgIpc) is 2.40. The Labute approximate surface area is 112 Å². The van der Waals surface area contributed by atoms with Crippen LogP contribution >= 0.6 is 0 Å². The van der Waals surface area contributed by atoms with E-state index in [1.165, 1.54) is 16.4 Å². The Balaban J connectivity index is 2.17. The van der Waals surface area contributed by atoms with Crippen molar-refractivity contribution in [2.75, 3.05) is 19.7 Å². The molecular formula is C13H18FNO3S. The first-order valence-electron chi connectivity index (χ1n) is 6.40. The summed E-state index contributed by atoms with van der Waals surface area (Å²) in [6.45, 7) is 0.997. The van der Waals surface area contributed by atoms with Gasteiger partial charge >= 0.3 is 0 Å². The van der Waals surface area contributed by atoms with Gasteiger partial charge in [0.15, 0.2) is 0 Å². The Kier molecular flexibility index (Phi) is 4.54. The number of halogens is 1. The summed E-state index contributed by atoms with van der Waals surface area (Å²) < 4.78 is 39.1. The number of nitrogens with zero attached hydrogens (tertiary/aromatic N) is 1. The van der Waals surface area contributed by atoms with Crippen molar-refractivity contribution in [3.8, 4) is 0 Å². The molecule has 1 fully saturated rings. The van der Waals surface area contributed by atoms with Gasteiger partial charge in [0.05, 0.1) is 4.90 Å². The molecule has 6 heteroatoms. The third-order valence-corrected chi connectivity index (χ3v) is 5.35. The molecule has 19 heavy (non-hydrogen) atoms. The minimum atomic E-state index is -3.54. The molecule has 2 rings (SSSR count). The number of aliphatic hydroxyl groups is 1. The summed E-state index contributed by atoms with van der Waals surface area (Å²) in [6.07, 6.45) is 2.36. The van der Waals surface area contributed by atoms with Crippen LogP contribution in [0.4, 0.5) is 4.39 Å². The number of sulfonamides is 1. The molecule has 1 N–H and O–H groups in total. The molecular weight excluding hydrogens is 269 g/mol. The summed E-state index contributed by atoms with van der Waals surface area (Å²) in [4.78, 5) is 0.124. The van der Waals surface area contributed by atoms with E-state index in [-0.39, 0.29) is 17.4 Å². The van der Waals surface area contributed by atoms with Crippen LogP contribution in [-0.2, 0) is 10.0 Å². The first kappa shape index (κ1) is 14.4. The van der Waals surface area contributed by atoms with Crippen molar-refractivity contribution in [3.63, 3.8) is 0 Å². The van der Waals surface area contributed by atoms with E-state index in [0.29, 0.717) is 19.5 Å². The van der Waals surface area contributed by atoms with Crippen molar-refractivity contribution in [1.29, 1.82) is 0 Å². The number of rotatable bonds is 4. The highest BCUT2D eigenvalue weighted by molar-refractivity contribution is 7.89. The van der Waals surface area contributed by atoms with Crippen molar-refractivity contribution in [2.45, 2.75) is 24.2 Å². The van der Waals surface area contributed by atoms with Gasteiger partial charge in [-0.25, -0.2) is 12.8 Å². The fraction of sp³-hybridized carbons (Fsp3) is 0.538. The lowest BCUT2D eigenvalue weighted by molar-refractivity contribution is 0.203. The Morgan fingerprint density at radius 2 is 2.00 bits per heavy atom. The molecule has 1 aromatic rings. The molecule has 0 amide bonds. The van der Waals surface area contributed by atoms with Crippen molar-refractivity contribution < 1.29 is 17.9 Å². The predicted molar refractivity (Wildman–Crippen MR) is 69.6 cm³/mol. The van der Waals surface area contributed by atoms with Gasteiger partial charge in [-0.2, -0.15) is 4.31 Å². The Bertz CT molecular complexity index is 513. The van der Waals surface area contributed by atoms with Crippen LogP contribution < -0.4 is 0 Å². The van der Waals surface area contributed by atoms with Crippen LogP contribution in [0.1, 0.15) is 19.3 Å². The highest BCUT2D eigenvalue weighted by atomic mass is 32.2. The quantitative estimate of drug-likeness (QED) is 0.915. The molecule has 1 aromatic carbocycles. The summed E-state index contributed by atoms with van der Waals surface area (Å²) >= 11 is 0. The molecule has 1 aliphatic heterocycles. The van der Waals surface area contributed by atoms with E-state index in [9.17, 15) is 12.8 Å². The van der Waals surface area contributed by atoms with Crippen molar-refractivity contribution >= 4 is 10.0 Å². The van der Waals surface area contributed by atoms with Crippen LogP contribution in [0.15, 0.2) is 29.2 Å². The highest BCUT2D eigenvalue weighted by Crippen LogP contribution is 2.25. The molecule has 0 spiro atoms. The normalized spacial score (nSPS) is 21.5. The molecule has 1 heterocycles. The zero-order valence-corrected chi connectivity index (χ0v) is 11.4. The lowest BCUT2D eigenvalue weighted by Crippen LogP contribution is -2.40. The minimum absolute atomic E-state index is 0.0785. The SMILES string of the molecule is O=S(=O)(c1ccc(F)cc1)N1CCCC(CCO)C1. The van der Waals surface area contributed by atoms with E-state index in [4.69, 9.17) is 5.11 Å². The molecule has 0 aliphatic carbocycles. The highest BCUT2D eigenvalue weighted by Gasteiger charge is 2.29. The van der Waals surface area contributed by atoms with Crippen LogP contribution in [0.5, 0.6) is 0 Å². The first-order chi connectivity index (χ1) is 9.04. The van der Waals surface area contributed by atoms with Crippen LogP contribution in [0, 0.1) is 11.7 Å². The average molecular weight is 287 g/mol. The van der Waals surface area contributed by atoms with Gasteiger partial charge < -0.3 is 5.11 Å². The second kappa shape index (κ2) is 5.98. The third kappa shape index (κ3) is 3.32. The first-order valence-corrected chi connectivity index (χ1v) is 7.84. The number of piperidine rings is 1. The molecule has 0 aromatic heterocycles. The van der Waals surface area contributed by atoms with Gasteiger partial charge in [0.1, 0.15) is 5.82 Å². The molecule has 1 atom stereocenters. The fourth-order valence-corrected chi connectivity index (χ4v) is 3.97. The van der Waals surface area contributed by atoms with Crippen LogP contribution in [0.25, 0.3) is 0 Å². The van der Waals surface area contributed by atoms with E-state index in [0.717, 1.165) is 25.0 Å². The van der Waals surface area contributed by atoms with Crippen LogP contribution in [-0.4, -0.2) is 37.5 Å². The molecule has 0 bridgehead atoms. The van der Waals surface area contributed by atoms with Crippen molar-refractivity contribution in [2.24, 2.45) is 5.92 Å². The van der Waals surface area contributed by atoms with E-state index in [1.807, 2.05) is 0 Å². The van der Waals surface area contributed by atoms with E-state index < -0.39 is 15.8 Å². The third-order valence-electron chi connectivity index (χ3n) is 3.47. The fourth-order valence-electron chi connectivity index (χ4n) is 2.42. The maximum atomic E-state index is 12.8. The second-order valence-electron chi connectivity index (χ2n) is 4.84. The standard InChI is InChI=1S/C13H18FNO3S/c14-12-3-5-13(6-4-12)19(17,18)15-8-1-2-11(10-15)7-9-16/h3-6,11,16H,1-2,7-10H2. The summed E-state index contributed by atoms with van der Waals surface area (Å²) in [6, 6.07) is 4.89. The van der Waals surface area contributed by atoms with Gasteiger partial charge in [-0.05, 0) is 49.4 Å². The zero-order chi connectivity index (χ0) is 13.9. The molecule has 1 saturated heterocycles. The predicted octanol–water partition coefficient (Wildman–Crippen LogP) is 1.61. The van der Waals surface area contributed by atoms with Gasteiger partial charge in [0.25, 0.3) is 0 Å². The summed E-state index contributed by atoms with van der Waals surface area (Å²) in [5.74, 6) is -0.246. The zero-order valence-electron chi connectivity index (χ0n) is 10.6. The summed E-state index contributed by atoms with van der Waals surface area (Å²) in [5, 5.41) is 8.95. The smallest absolute Gasteiger partial charge is 0.243 e. The van der Waals surface area contributed by atoms with Gasteiger partial charge in [-0.15, -0.1) is 0 Å². The van der Waals surface area contributed by atoms with E-state index in [1.54, 1.807) is 0 Å². The molecule has 4 nitrogen and oxygen atoms in total. The van der Waals surface area contributed by atoms with Gasteiger partial charge in [0, 0.05) is 19.7 Å². The number of hydrogen-bond acceptors (Lipinski definition) is 3. The lowest BCUT2D eigenvalue weighted by atomic mass is 9.97. The Morgan fingerprint density at radius 1 is 1.32 bits per heavy atom. The Morgan fingerprint density at radius 3 is 2.63 bits per heavy atom. The van der Waals surface area contributed by atoms with Crippen LogP contribution in [0.3, 0.4) is 0 Å². The van der Waals surface area contributed by atoms with E-state index >= 15 is 0 Å². The number of benzene rings is 1. The largest absolute Gasteiger partial charge is 0.396 e. The van der Waals surface area contributed by atoms with Crippen molar-refractivity contribution in [1.82, 2.24) is 4.31 Å².